The lowest BCUT2D eigenvalue weighted by Gasteiger charge is -2.04. The standard InChI is InChI=1S/C16H13ClO3/c1-20-15-10-11(7-8-14(15)18)9-13(17)16(19)12-5-3-2-4-6-12/h2-10,18H,1H3/b13-9-. The van der Waals surface area contributed by atoms with Crippen LogP contribution in [0.4, 0.5) is 0 Å². The largest absolute Gasteiger partial charge is 0.504 e. The summed E-state index contributed by atoms with van der Waals surface area (Å²) >= 11 is 6.04. The monoisotopic (exact) mass is 288 g/mol. The van der Waals surface area contributed by atoms with Crippen LogP contribution in [-0.2, 0) is 0 Å². The van der Waals surface area contributed by atoms with Gasteiger partial charge in [-0.1, -0.05) is 48.0 Å². The molecule has 0 aliphatic heterocycles. The quantitative estimate of drug-likeness (QED) is 0.686. The summed E-state index contributed by atoms with van der Waals surface area (Å²) in [6.07, 6.45) is 1.54. The van der Waals surface area contributed by atoms with Crippen LogP contribution in [0.5, 0.6) is 11.5 Å². The third kappa shape index (κ3) is 3.19. The van der Waals surface area contributed by atoms with Crippen molar-refractivity contribution in [3.05, 3.63) is 64.7 Å². The second-order valence-electron chi connectivity index (χ2n) is 4.12. The van der Waals surface area contributed by atoms with E-state index in [-0.39, 0.29) is 16.6 Å². The van der Waals surface area contributed by atoms with Crippen LogP contribution >= 0.6 is 11.6 Å². The number of Topliss-reactive ketones (excluding diaryl/α,β-unsaturated/α-hetero) is 1. The molecule has 0 unspecified atom stereocenters. The van der Waals surface area contributed by atoms with Gasteiger partial charge in [-0.05, 0) is 23.8 Å². The van der Waals surface area contributed by atoms with Crippen molar-refractivity contribution in [2.45, 2.75) is 0 Å². The van der Waals surface area contributed by atoms with Crippen LogP contribution in [0.1, 0.15) is 15.9 Å². The van der Waals surface area contributed by atoms with Crippen LogP contribution in [0.3, 0.4) is 0 Å². The highest BCUT2D eigenvalue weighted by Crippen LogP contribution is 2.28. The number of ether oxygens (including phenoxy) is 1. The summed E-state index contributed by atoms with van der Waals surface area (Å²) in [4.78, 5) is 12.1. The molecule has 3 nitrogen and oxygen atoms in total. The molecule has 4 heteroatoms. The third-order valence-electron chi connectivity index (χ3n) is 2.75. The molecular weight excluding hydrogens is 276 g/mol. The molecule has 2 aromatic rings. The van der Waals surface area contributed by atoms with Gasteiger partial charge in [0, 0.05) is 5.56 Å². The van der Waals surface area contributed by atoms with E-state index in [1.165, 1.54) is 13.2 Å². The summed E-state index contributed by atoms with van der Waals surface area (Å²) in [5.41, 5.74) is 1.20. The Labute approximate surface area is 122 Å². The minimum Gasteiger partial charge on any atom is -0.504 e. The van der Waals surface area contributed by atoms with Gasteiger partial charge in [0.1, 0.15) is 0 Å². The third-order valence-corrected chi connectivity index (χ3v) is 3.03. The molecule has 0 radical (unpaired) electrons. The van der Waals surface area contributed by atoms with E-state index in [9.17, 15) is 9.90 Å². The molecule has 0 bridgehead atoms. The van der Waals surface area contributed by atoms with E-state index in [4.69, 9.17) is 16.3 Å². The fraction of sp³-hybridized carbons (Fsp3) is 0.0625. The summed E-state index contributed by atoms with van der Waals surface area (Å²) in [6, 6.07) is 13.5. The van der Waals surface area contributed by atoms with Gasteiger partial charge in [0.05, 0.1) is 12.1 Å². The number of halogens is 1. The predicted molar refractivity (Wildman–Crippen MR) is 79.3 cm³/mol. The summed E-state index contributed by atoms with van der Waals surface area (Å²) in [5, 5.41) is 9.61. The van der Waals surface area contributed by atoms with Gasteiger partial charge in [0.2, 0.25) is 5.78 Å². The van der Waals surface area contributed by atoms with Gasteiger partial charge in [-0.25, -0.2) is 0 Å². The Morgan fingerprint density at radius 2 is 1.90 bits per heavy atom. The van der Waals surface area contributed by atoms with Crippen LogP contribution < -0.4 is 4.74 Å². The first-order chi connectivity index (χ1) is 9.61. The van der Waals surface area contributed by atoms with E-state index in [1.807, 2.05) is 6.07 Å². The first kappa shape index (κ1) is 14.2. The maximum absolute atomic E-state index is 12.1. The minimum atomic E-state index is -0.251. The molecule has 0 heterocycles. The lowest BCUT2D eigenvalue weighted by atomic mass is 10.1. The Kier molecular flexibility index (Phi) is 4.43. The van der Waals surface area contributed by atoms with E-state index in [2.05, 4.69) is 0 Å². The molecule has 0 spiro atoms. The Bertz CT molecular complexity index is 648. The first-order valence-electron chi connectivity index (χ1n) is 5.96. The number of hydrogen-bond acceptors (Lipinski definition) is 3. The van der Waals surface area contributed by atoms with Crippen molar-refractivity contribution in [2.75, 3.05) is 7.11 Å². The Morgan fingerprint density at radius 3 is 2.55 bits per heavy atom. The van der Waals surface area contributed by atoms with Gasteiger partial charge in [0.25, 0.3) is 0 Å². The number of rotatable bonds is 4. The van der Waals surface area contributed by atoms with Crippen molar-refractivity contribution >= 4 is 23.5 Å². The first-order valence-corrected chi connectivity index (χ1v) is 6.33. The molecule has 0 fully saturated rings. The molecule has 0 saturated heterocycles. The van der Waals surface area contributed by atoms with Crippen molar-refractivity contribution < 1.29 is 14.6 Å². The highest BCUT2D eigenvalue weighted by molar-refractivity contribution is 6.47. The van der Waals surface area contributed by atoms with E-state index in [0.29, 0.717) is 16.9 Å². The number of ketones is 1. The molecule has 0 saturated carbocycles. The molecule has 0 atom stereocenters. The number of benzene rings is 2. The van der Waals surface area contributed by atoms with Gasteiger partial charge >= 0.3 is 0 Å². The normalized spacial score (nSPS) is 11.2. The molecule has 1 N–H and O–H groups in total. The molecule has 102 valence electrons. The molecule has 0 aliphatic carbocycles. The molecule has 2 aromatic carbocycles. The van der Waals surface area contributed by atoms with Gasteiger partial charge in [-0.3, -0.25) is 4.79 Å². The van der Waals surface area contributed by atoms with Gasteiger partial charge < -0.3 is 9.84 Å². The average molecular weight is 289 g/mol. The number of phenols is 1. The number of carbonyl (C=O) groups is 1. The van der Waals surface area contributed by atoms with Crippen molar-refractivity contribution in [3.8, 4) is 11.5 Å². The Hall–Kier alpha value is -2.26. The van der Waals surface area contributed by atoms with Crippen molar-refractivity contribution in [1.29, 1.82) is 0 Å². The van der Waals surface area contributed by atoms with Crippen molar-refractivity contribution in [2.24, 2.45) is 0 Å². The molecule has 2 rings (SSSR count). The molecule has 0 aromatic heterocycles. The summed E-state index contributed by atoms with van der Waals surface area (Å²) in [6.45, 7) is 0. The highest BCUT2D eigenvalue weighted by Gasteiger charge is 2.10. The van der Waals surface area contributed by atoms with E-state index < -0.39 is 0 Å². The smallest absolute Gasteiger partial charge is 0.204 e. The number of aromatic hydroxyl groups is 1. The maximum Gasteiger partial charge on any atom is 0.204 e. The fourth-order valence-electron chi connectivity index (χ4n) is 1.72. The van der Waals surface area contributed by atoms with Gasteiger partial charge in [0.15, 0.2) is 11.5 Å². The number of phenolic OH excluding ortho intramolecular Hbond substituents is 1. The summed E-state index contributed by atoms with van der Waals surface area (Å²) in [7, 11) is 1.46. The van der Waals surface area contributed by atoms with Crippen LogP contribution in [-0.4, -0.2) is 18.0 Å². The molecular formula is C16H13ClO3. The second-order valence-corrected chi connectivity index (χ2v) is 4.53. The zero-order chi connectivity index (χ0) is 14.5. The number of hydrogen-bond donors (Lipinski definition) is 1. The van der Waals surface area contributed by atoms with Gasteiger partial charge in [-0.15, -0.1) is 0 Å². The molecule has 0 aliphatic rings. The Morgan fingerprint density at radius 1 is 1.20 bits per heavy atom. The van der Waals surface area contributed by atoms with E-state index in [1.54, 1.807) is 42.5 Å². The molecule has 20 heavy (non-hydrogen) atoms. The topological polar surface area (TPSA) is 46.5 Å². The van der Waals surface area contributed by atoms with Crippen LogP contribution in [0.2, 0.25) is 0 Å². The summed E-state index contributed by atoms with van der Waals surface area (Å²) < 4.78 is 5.01. The lowest BCUT2D eigenvalue weighted by Crippen LogP contribution is -1.98. The zero-order valence-corrected chi connectivity index (χ0v) is 11.6. The van der Waals surface area contributed by atoms with Crippen molar-refractivity contribution in [1.82, 2.24) is 0 Å². The number of allylic oxidation sites excluding steroid dienone is 1. The van der Waals surface area contributed by atoms with Gasteiger partial charge in [-0.2, -0.15) is 0 Å². The predicted octanol–water partition coefficient (Wildman–Crippen LogP) is 3.86. The van der Waals surface area contributed by atoms with E-state index in [0.717, 1.165) is 0 Å². The van der Waals surface area contributed by atoms with Crippen molar-refractivity contribution in [3.63, 3.8) is 0 Å². The second kappa shape index (κ2) is 6.26. The SMILES string of the molecule is COc1cc(/C=C(\Cl)C(=O)c2ccccc2)ccc1O. The number of carbonyl (C=O) groups excluding carboxylic acids is 1. The van der Waals surface area contributed by atoms with Crippen LogP contribution in [0, 0.1) is 0 Å². The van der Waals surface area contributed by atoms with Crippen LogP contribution in [0.15, 0.2) is 53.6 Å². The zero-order valence-electron chi connectivity index (χ0n) is 10.8. The maximum atomic E-state index is 12.1. The lowest BCUT2D eigenvalue weighted by molar-refractivity contribution is 0.104. The van der Waals surface area contributed by atoms with E-state index >= 15 is 0 Å². The Balaban J connectivity index is 2.29. The average Bonchev–Trinajstić information content (AvgIpc) is 2.49. The minimum absolute atomic E-state index is 0.0372. The van der Waals surface area contributed by atoms with Crippen LogP contribution in [0.25, 0.3) is 6.08 Å². The molecule has 0 amide bonds. The fourth-order valence-corrected chi connectivity index (χ4v) is 1.96. The number of methoxy groups -OCH3 is 1. The summed E-state index contributed by atoms with van der Waals surface area (Å²) in [5.74, 6) is 0.116. The highest BCUT2D eigenvalue weighted by atomic mass is 35.5.